The maximum atomic E-state index is 4.55. The molecule has 8 heterocycles. The Kier molecular flexibility index (Phi) is 42.4. The van der Waals surface area contributed by atoms with Crippen molar-refractivity contribution in [3.63, 3.8) is 0 Å². The molecule has 12 aromatic carbocycles. The first kappa shape index (κ1) is 102. The van der Waals surface area contributed by atoms with Gasteiger partial charge in [-0.3, -0.25) is 0 Å². The Balaban J connectivity index is 0.000000170. The summed E-state index contributed by atoms with van der Waals surface area (Å²) in [5.74, 6) is 0. The molecule has 0 saturated heterocycles. The smallest absolute Gasteiger partial charge is 0.0268 e. The maximum Gasteiger partial charge on any atom is 0.0268 e. The van der Waals surface area contributed by atoms with Gasteiger partial charge in [-0.25, -0.2) is 0 Å². The van der Waals surface area contributed by atoms with Gasteiger partial charge in [0.1, 0.15) is 0 Å². The Bertz CT molecular complexity index is 6240. The van der Waals surface area contributed by atoms with Gasteiger partial charge in [0.05, 0.1) is 0 Å². The van der Waals surface area contributed by atoms with Crippen LogP contribution in [0.3, 0.4) is 0 Å². The Morgan fingerprint density at radius 3 is 0.712 bits per heavy atom. The molecule has 4 radical (unpaired) electrons. The van der Waals surface area contributed by atoms with Gasteiger partial charge in [0.25, 0.3) is 0 Å². The predicted octanol–water partition coefficient (Wildman–Crippen LogP) is 29.5. The van der Waals surface area contributed by atoms with Crippen LogP contribution in [0.25, 0.3) is 135 Å². The van der Waals surface area contributed by atoms with Crippen molar-refractivity contribution in [2.24, 2.45) is 0 Å². The normalized spacial score (nSPS) is 9.88. The van der Waals surface area contributed by atoms with Crippen LogP contribution < -0.4 is 0 Å². The van der Waals surface area contributed by atoms with E-state index < -0.39 is 0 Å². The van der Waals surface area contributed by atoms with E-state index >= 15 is 0 Å². The fourth-order valence-corrected chi connectivity index (χ4v) is 14.0. The second-order valence-corrected chi connectivity index (χ2v) is 30.1. The van der Waals surface area contributed by atoms with Gasteiger partial charge in [0, 0.05) is 140 Å². The Morgan fingerprint density at radius 1 is 0.174 bits per heavy atom. The summed E-state index contributed by atoms with van der Waals surface area (Å²) in [6.07, 6.45) is 11.2. The van der Waals surface area contributed by atoms with Gasteiger partial charge >= 0.3 is 0 Å². The molecule has 12 heteroatoms. The zero-order valence-electron chi connectivity index (χ0n) is 74.5. The molecule has 0 unspecified atom stereocenters. The Labute approximate surface area is 833 Å². The van der Waals surface area contributed by atoms with Crippen LogP contribution in [0.15, 0.2) is 438 Å². The maximum absolute atomic E-state index is 4.55. The molecule has 0 aliphatic rings. The summed E-state index contributed by atoms with van der Waals surface area (Å²) in [4.78, 5) is 35.3. The zero-order chi connectivity index (χ0) is 88.7. The molecule has 20 aromatic rings. The summed E-state index contributed by atoms with van der Waals surface area (Å²) in [6.45, 7) is 16.7. The molecular formula is C120H96Ir4N8-8. The van der Waals surface area contributed by atoms with E-state index in [4.69, 9.17) is 0 Å². The second kappa shape index (κ2) is 54.8. The van der Waals surface area contributed by atoms with Crippen LogP contribution in [-0.2, 0) is 80.4 Å². The standard InChI is InChI=1S/C19H16N.2C18H14N.C17H12N.2C13H12N.2C11H8N.4Ir/c1-14-10-15(2)12-18(11-14)17-8-9-20-19(13-17)16-6-4-3-5-7-16;2*1-14-12-18(16-10-6-3-7-11-16)19-13-17(14)15-8-4-2-5-9-15;1-3-7-14(8-4-1)16-11-12-18-17(13-16)15-9-5-2-6-10-15;2*1-10-8-11(2)14-13(9-10)12-6-4-3-5-7-12;2*1-2-6-10(7-3-1)11-8-4-5-9-12-11;;;;/h3-6,8-13H,1-2H3;2*2-10,12-13H,1H3;1-9,11-13H;2*3-6,8-9H,1-2H3;2*1-6,8-9H;;;;/q8*-1;;;;. The molecule has 0 fully saturated rings. The van der Waals surface area contributed by atoms with Crippen LogP contribution in [0.1, 0.15) is 44.8 Å². The van der Waals surface area contributed by atoms with Crippen molar-refractivity contribution in [2.75, 3.05) is 0 Å². The first-order valence-electron chi connectivity index (χ1n) is 42.4. The van der Waals surface area contributed by atoms with Crippen molar-refractivity contribution in [2.45, 2.75) is 55.4 Å². The minimum Gasteiger partial charge on any atom is -0.305 e. The van der Waals surface area contributed by atoms with Crippen molar-refractivity contribution in [3.8, 4) is 135 Å². The Hall–Kier alpha value is -13.6. The van der Waals surface area contributed by atoms with Gasteiger partial charge in [0.15, 0.2) is 0 Å². The van der Waals surface area contributed by atoms with E-state index in [1.54, 1.807) is 12.4 Å². The van der Waals surface area contributed by atoms with E-state index in [1.807, 2.05) is 330 Å². The summed E-state index contributed by atoms with van der Waals surface area (Å²) in [5.41, 5.74) is 35.3. The molecule has 0 aliphatic heterocycles. The van der Waals surface area contributed by atoms with E-state index in [2.05, 4.69) is 239 Å². The van der Waals surface area contributed by atoms with Gasteiger partial charge in [-0.2, -0.15) is 0 Å². The van der Waals surface area contributed by atoms with Crippen LogP contribution >= 0.6 is 0 Å². The Morgan fingerprint density at radius 2 is 0.432 bits per heavy atom. The van der Waals surface area contributed by atoms with Crippen LogP contribution in [0.4, 0.5) is 0 Å². The number of pyridine rings is 8. The first-order valence-corrected chi connectivity index (χ1v) is 42.4. The average molecular weight is 2420 g/mol. The number of rotatable bonds is 12. The van der Waals surface area contributed by atoms with Crippen molar-refractivity contribution in [1.82, 2.24) is 39.9 Å². The molecule has 0 spiro atoms. The van der Waals surface area contributed by atoms with E-state index in [-0.39, 0.29) is 80.4 Å². The van der Waals surface area contributed by atoms with Crippen molar-refractivity contribution >= 4 is 0 Å². The number of hydrogen-bond donors (Lipinski definition) is 0. The molecule has 0 atom stereocenters. The summed E-state index contributed by atoms with van der Waals surface area (Å²) in [6, 6.07) is 159. The minimum absolute atomic E-state index is 0. The average Bonchev–Trinajstić information content (AvgIpc) is 0.826. The predicted molar refractivity (Wildman–Crippen MR) is 528 cm³/mol. The number of nitrogens with zero attached hydrogens (tertiary/aromatic N) is 8. The fourth-order valence-electron chi connectivity index (χ4n) is 14.0. The van der Waals surface area contributed by atoms with Crippen molar-refractivity contribution in [1.29, 1.82) is 0 Å². The second-order valence-electron chi connectivity index (χ2n) is 30.1. The van der Waals surface area contributed by atoms with E-state index in [9.17, 15) is 0 Å². The first-order chi connectivity index (χ1) is 62.8. The molecule has 8 aromatic heterocycles. The summed E-state index contributed by atoms with van der Waals surface area (Å²) in [7, 11) is 0. The van der Waals surface area contributed by atoms with Gasteiger partial charge < -0.3 is 39.9 Å². The number of benzene rings is 12. The molecule has 0 saturated carbocycles. The van der Waals surface area contributed by atoms with Crippen molar-refractivity contribution in [3.05, 3.63) is 531 Å². The van der Waals surface area contributed by atoms with Gasteiger partial charge in [-0.15, -0.1) is 287 Å². The molecule has 0 N–H and O–H groups in total. The van der Waals surface area contributed by atoms with Crippen molar-refractivity contribution < 1.29 is 80.4 Å². The topological polar surface area (TPSA) is 103 Å². The SMILES string of the molecule is Cc1cc(-c2[c-]cccc2)ncc1-c1ccccc1.Cc1cc(-c2[c-]cccc2)ncc1-c1ccccc1.Cc1cc(C)cc(-c2ccnc(-c3[c-]cccc3)c2)c1.Cc1cc(C)nc(-c2[c-]cccc2)c1.Cc1cc(C)nc(-c2[c-]cccc2)c1.[Ir].[Ir].[Ir].[Ir].[c-]1ccccc1-c1cc(-c2ccccc2)ccn1.[c-]1ccccc1-c1ccccn1.[c-]1ccccc1-c1ccccn1. The molecule has 0 amide bonds. The van der Waals surface area contributed by atoms with E-state index in [0.29, 0.717) is 0 Å². The molecule has 660 valence electrons. The van der Waals surface area contributed by atoms with Gasteiger partial charge in [-0.1, -0.05) is 192 Å². The van der Waals surface area contributed by atoms with Gasteiger partial charge in [-0.05, 0) is 182 Å². The van der Waals surface area contributed by atoms with Crippen LogP contribution in [-0.4, -0.2) is 39.9 Å². The van der Waals surface area contributed by atoms with E-state index in [0.717, 1.165) is 101 Å². The van der Waals surface area contributed by atoms with Gasteiger partial charge in [0.2, 0.25) is 0 Å². The molecule has 20 rings (SSSR count). The zero-order valence-corrected chi connectivity index (χ0v) is 84.1. The third-order valence-electron chi connectivity index (χ3n) is 20.0. The number of aromatic nitrogens is 8. The van der Waals surface area contributed by atoms with Crippen LogP contribution in [0.2, 0.25) is 0 Å². The molecule has 132 heavy (non-hydrogen) atoms. The summed E-state index contributed by atoms with van der Waals surface area (Å²) >= 11 is 0. The van der Waals surface area contributed by atoms with E-state index in [1.165, 1.54) is 77.9 Å². The fraction of sp³-hybridized carbons (Fsp3) is 0.0667. The third-order valence-corrected chi connectivity index (χ3v) is 20.0. The summed E-state index contributed by atoms with van der Waals surface area (Å²) < 4.78 is 0. The minimum atomic E-state index is 0. The molecule has 0 aliphatic carbocycles. The number of aryl methyl sites for hydroxylation is 8. The summed E-state index contributed by atoms with van der Waals surface area (Å²) in [5, 5.41) is 0. The van der Waals surface area contributed by atoms with Crippen LogP contribution in [0.5, 0.6) is 0 Å². The monoisotopic (exact) mass is 2420 g/mol. The molecule has 0 bridgehead atoms. The largest absolute Gasteiger partial charge is 0.305 e. The molecule has 8 nitrogen and oxygen atoms in total. The number of hydrogen-bond acceptors (Lipinski definition) is 8. The third kappa shape index (κ3) is 31.9. The quantitative estimate of drug-likeness (QED) is 0.111. The molecular weight excluding hydrogens is 2320 g/mol. The van der Waals surface area contributed by atoms with Crippen LogP contribution in [0, 0.1) is 104 Å².